The number of rotatable bonds is 6. The van der Waals surface area contributed by atoms with Crippen LogP contribution in [0.5, 0.6) is 0 Å². The molecule has 36 heavy (non-hydrogen) atoms. The summed E-state index contributed by atoms with van der Waals surface area (Å²) in [6.45, 7) is 6.44. The van der Waals surface area contributed by atoms with Gasteiger partial charge in [-0.25, -0.2) is 9.78 Å². The number of esters is 1. The molecule has 0 bridgehead atoms. The molecule has 0 spiro atoms. The molecule has 1 aliphatic rings. The SMILES string of the molecule is CCOC(=O)c1c(NC(=O)c2cc(-c3ccc(CC)cc3)nc3ccccc23)sc2c1CC[C@H](C)C2. The van der Waals surface area contributed by atoms with Crippen LogP contribution in [-0.4, -0.2) is 23.5 Å². The number of ether oxygens (including phenoxy) is 1. The molecular weight excluding hydrogens is 468 g/mol. The van der Waals surface area contributed by atoms with Crippen LogP contribution in [0.4, 0.5) is 5.00 Å². The zero-order valence-electron chi connectivity index (χ0n) is 20.9. The van der Waals surface area contributed by atoms with E-state index in [-0.39, 0.29) is 11.9 Å². The van der Waals surface area contributed by atoms with Crippen molar-refractivity contribution in [1.29, 1.82) is 0 Å². The number of pyridine rings is 1. The standard InChI is InChI=1S/C30H30N2O3S/c1-4-19-11-13-20(14-12-19)25-17-23(21-8-6-7-9-24(21)31-25)28(33)32-29-27(30(34)35-5-2)22-15-10-18(3)16-26(22)36-29/h6-9,11-14,17-18H,4-5,10,15-16H2,1-3H3,(H,32,33)/t18-/m0/s1. The quantitative estimate of drug-likeness (QED) is 0.288. The van der Waals surface area contributed by atoms with Crippen LogP contribution in [0.25, 0.3) is 22.2 Å². The fraction of sp³-hybridized carbons (Fsp3) is 0.300. The number of hydrogen-bond acceptors (Lipinski definition) is 5. The van der Waals surface area contributed by atoms with E-state index in [1.165, 1.54) is 21.8 Å². The number of benzene rings is 2. The maximum Gasteiger partial charge on any atom is 0.341 e. The van der Waals surface area contributed by atoms with E-state index in [1.54, 1.807) is 6.92 Å². The average molecular weight is 499 g/mol. The lowest BCUT2D eigenvalue weighted by Crippen LogP contribution is -2.17. The summed E-state index contributed by atoms with van der Waals surface area (Å²) in [4.78, 5) is 32.7. The van der Waals surface area contributed by atoms with E-state index >= 15 is 0 Å². The molecule has 6 heteroatoms. The Balaban J connectivity index is 1.56. The molecule has 0 aliphatic heterocycles. The van der Waals surface area contributed by atoms with Gasteiger partial charge in [0.2, 0.25) is 0 Å². The molecule has 0 unspecified atom stereocenters. The highest BCUT2D eigenvalue weighted by molar-refractivity contribution is 7.17. The fourth-order valence-corrected chi connectivity index (χ4v) is 6.24. The minimum Gasteiger partial charge on any atom is -0.462 e. The molecule has 0 saturated heterocycles. The highest BCUT2D eigenvalue weighted by Gasteiger charge is 2.29. The van der Waals surface area contributed by atoms with Crippen molar-refractivity contribution in [2.24, 2.45) is 5.92 Å². The molecule has 0 fully saturated rings. The number of nitrogens with zero attached hydrogens (tertiary/aromatic N) is 1. The van der Waals surface area contributed by atoms with Crippen LogP contribution in [0.3, 0.4) is 0 Å². The van der Waals surface area contributed by atoms with E-state index in [4.69, 9.17) is 9.72 Å². The Labute approximate surface area is 215 Å². The number of amides is 1. The number of thiophene rings is 1. The number of hydrogen-bond donors (Lipinski definition) is 1. The lowest BCUT2D eigenvalue weighted by Gasteiger charge is -2.18. The van der Waals surface area contributed by atoms with Crippen molar-refractivity contribution in [2.75, 3.05) is 11.9 Å². The first-order valence-corrected chi connectivity index (χ1v) is 13.4. The summed E-state index contributed by atoms with van der Waals surface area (Å²) in [6.07, 6.45) is 3.73. The molecule has 4 aromatic rings. The summed E-state index contributed by atoms with van der Waals surface area (Å²) in [5, 5.41) is 4.43. The molecule has 0 saturated carbocycles. The predicted molar refractivity (Wildman–Crippen MR) is 146 cm³/mol. The van der Waals surface area contributed by atoms with Crippen molar-refractivity contribution in [1.82, 2.24) is 4.98 Å². The van der Waals surface area contributed by atoms with Crippen molar-refractivity contribution < 1.29 is 14.3 Å². The zero-order chi connectivity index (χ0) is 25.2. The number of carbonyl (C=O) groups is 2. The van der Waals surface area contributed by atoms with Crippen LogP contribution in [-0.2, 0) is 24.0 Å². The summed E-state index contributed by atoms with van der Waals surface area (Å²) >= 11 is 1.50. The highest BCUT2D eigenvalue weighted by Crippen LogP contribution is 2.40. The molecule has 184 valence electrons. The molecule has 1 atom stereocenters. The number of nitrogens with one attached hydrogen (secondary N) is 1. The zero-order valence-corrected chi connectivity index (χ0v) is 21.7. The number of aromatic nitrogens is 1. The summed E-state index contributed by atoms with van der Waals surface area (Å²) < 4.78 is 5.38. The first-order chi connectivity index (χ1) is 17.5. The minimum absolute atomic E-state index is 0.253. The van der Waals surface area contributed by atoms with Crippen LogP contribution >= 0.6 is 11.3 Å². The molecule has 2 aromatic heterocycles. The largest absolute Gasteiger partial charge is 0.462 e. The van der Waals surface area contributed by atoms with Crippen molar-refractivity contribution >= 4 is 39.1 Å². The van der Waals surface area contributed by atoms with Crippen molar-refractivity contribution in [3.05, 3.63) is 81.7 Å². The topological polar surface area (TPSA) is 68.3 Å². The molecule has 2 heterocycles. The lowest BCUT2D eigenvalue weighted by molar-refractivity contribution is 0.0526. The monoisotopic (exact) mass is 498 g/mol. The lowest BCUT2D eigenvalue weighted by atomic mass is 9.88. The van der Waals surface area contributed by atoms with E-state index in [2.05, 4.69) is 31.3 Å². The summed E-state index contributed by atoms with van der Waals surface area (Å²) in [5.41, 5.74) is 5.79. The number of carbonyl (C=O) groups excluding carboxylic acids is 2. The maximum atomic E-state index is 13.7. The second-order valence-corrected chi connectivity index (χ2v) is 10.5. The second kappa shape index (κ2) is 10.2. The number of fused-ring (bicyclic) bond motifs is 2. The van der Waals surface area contributed by atoms with Gasteiger partial charge in [-0.15, -0.1) is 11.3 Å². The fourth-order valence-electron chi connectivity index (χ4n) is 4.85. The third-order valence-electron chi connectivity index (χ3n) is 6.84. The average Bonchev–Trinajstić information content (AvgIpc) is 3.24. The van der Waals surface area contributed by atoms with Gasteiger partial charge in [0.15, 0.2) is 0 Å². The predicted octanol–water partition coefficient (Wildman–Crippen LogP) is 7.08. The van der Waals surface area contributed by atoms with Crippen molar-refractivity contribution in [3.63, 3.8) is 0 Å². The van der Waals surface area contributed by atoms with Gasteiger partial charge in [0.1, 0.15) is 5.00 Å². The molecule has 1 N–H and O–H groups in total. The maximum absolute atomic E-state index is 13.7. The number of anilines is 1. The molecule has 2 aromatic carbocycles. The van der Waals surface area contributed by atoms with Gasteiger partial charge < -0.3 is 10.1 Å². The van der Waals surface area contributed by atoms with Crippen molar-refractivity contribution in [3.8, 4) is 11.3 Å². The van der Waals surface area contributed by atoms with Gasteiger partial charge in [-0.1, -0.05) is 56.3 Å². The van der Waals surface area contributed by atoms with Gasteiger partial charge in [-0.05, 0) is 61.8 Å². The first kappa shape index (κ1) is 24.2. The Bertz CT molecular complexity index is 1440. The molecule has 0 radical (unpaired) electrons. The Kier molecular flexibility index (Phi) is 6.88. The second-order valence-electron chi connectivity index (χ2n) is 9.35. The van der Waals surface area contributed by atoms with Crippen LogP contribution in [0.1, 0.15) is 63.9 Å². The van der Waals surface area contributed by atoms with Crippen LogP contribution in [0.2, 0.25) is 0 Å². The van der Waals surface area contributed by atoms with Gasteiger partial charge in [0.05, 0.1) is 28.9 Å². The third-order valence-corrected chi connectivity index (χ3v) is 8.01. The van der Waals surface area contributed by atoms with Gasteiger partial charge in [0.25, 0.3) is 5.91 Å². The van der Waals surface area contributed by atoms with Gasteiger partial charge in [-0.3, -0.25) is 4.79 Å². The van der Waals surface area contributed by atoms with Gasteiger partial charge in [0, 0.05) is 15.8 Å². The van der Waals surface area contributed by atoms with E-state index in [9.17, 15) is 9.59 Å². The highest BCUT2D eigenvalue weighted by atomic mass is 32.1. The van der Waals surface area contributed by atoms with E-state index in [0.29, 0.717) is 28.7 Å². The Morgan fingerprint density at radius 2 is 1.89 bits per heavy atom. The van der Waals surface area contributed by atoms with Crippen molar-refractivity contribution in [2.45, 2.75) is 46.5 Å². The number of para-hydroxylation sites is 1. The van der Waals surface area contributed by atoms with Gasteiger partial charge in [-0.2, -0.15) is 0 Å². The summed E-state index contributed by atoms with van der Waals surface area (Å²) in [6, 6.07) is 17.8. The molecule has 5 rings (SSSR count). The molecule has 1 amide bonds. The van der Waals surface area contributed by atoms with E-state index in [0.717, 1.165) is 53.4 Å². The van der Waals surface area contributed by atoms with E-state index in [1.807, 2.05) is 42.5 Å². The van der Waals surface area contributed by atoms with Gasteiger partial charge >= 0.3 is 5.97 Å². The molecular formula is C30H30N2O3S. The smallest absolute Gasteiger partial charge is 0.341 e. The van der Waals surface area contributed by atoms with Crippen LogP contribution in [0, 0.1) is 5.92 Å². The molecule has 1 aliphatic carbocycles. The Morgan fingerprint density at radius 1 is 1.11 bits per heavy atom. The number of aryl methyl sites for hydroxylation is 1. The third kappa shape index (κ3) is 4.65. The normalized spacial score (nSPS) is 14.9. The van der Waals surface area contributed by atoms with Crippen LogP contribution in [0.15, 0.2) is 54.6 Å². The first-order valence-electron chi connectivity index (χ1n) is 12.6. The summed E-state index contributed by atoms with van der Waals surface area (Å²) in [7, 11) is 0. The Hall–Kier alpha value is -3.51. The summed E-state index contributed by atoms with van der Waals surface area (Å²) in [5.74, 6) is -0.0612. The molecule has 5 nitrogen and oxygen atoms in total. The minimum atomic E-state index is -0.365. The van der Waals surface area contributed by atoms with E-state index < -0.39 is 0 Å². The van der Waals surface area contributed by atoms with Crippen LogP contribution < -0.4 is 5.32 Å². The Morgan fingerprint density at radius 3 is 2.64 bits per heavy atom.